The van der Waals surface area contributed by atoms with Crippen LogP contribution in [0, 0.1) is 5.92 Å². The molecular weight excluding hydrogens is 218 g/mol. The van der Waals surface area contributed by atoms with E-state index < -0.39 is 0 Å². The van der Waals surface area contributed by atoms with E-state index in [0.29, 0.717) is 0 Å². The zero-order valence-corrected chi connectivity index (χ0v) is 10.3. The van der Waals surface area contributed by atoms with E-state index in [1.54, 1.807) is 0 Å². The Morgan fingerprint density at radius 3 is 2.75 bits per heavy atom. The van der Waals surface area contributed by atoms with E-state index in [9.17, 15) is 0 Å². The monoisotopic (exact) mass is 235 g/mol. The Hall–Kier alpha value is -0.690. The maximum atomic E-state index is 6.02. The maximum Gasteiger partial charge on any atom is 0.0426 e. The number of anilines is 1. The van der Waals surface area contributed by atoms with Gasteiger partial charge in [-0.3, -0.25) is 0 Å². The smallest absolute Gasteiger partial charge is 0.0426 e. The highest BCUT2D eigenvalue weighted by Crippen LogP contribution is 2.42. The van der Waals surface area contributed by atoms with E-state index in [0.717, 1.165) is 23.4 Å². The van der Waals surface area contributed by atoms with Gasteiger partial charge in [0, 0.05) is 23.2 Å². The summed E-state index contributed by atoms with van der Waals surface area (Å²) in [6.07, 6.45) is 7.10. The molecule has 3 rings (SSSR count). The van der Waals surface area contributed by atoms with Gasteiger partial charge in [0.05, 0.1) is 0 Å². The summed E-state index contributed by atoms with van der Waals surface area (Å²) in [5, 5.41) is 4.35. The van der Waals surface area contributed by atoms with Crippen molar-refractivity contribution in [2.45, 2.75) is 38.0 Å². The fraction of sp³-hybridized carbons (Fsp3) is 0.571. The van der Waals surface area contributed by atoms with Gasteiger partial charge in [-0.2, -0.15) is 0 Å². The average Bonchev–Trinajstić information content (AvgIpc) is 2.73. The molecule has 1 fully saturated rings. The largest absolute Gasteiger partial charge is 0.384 e. The van der Waals surface area contributed by atoms with Gasteiger partial charge in [-0.05, 0) is 36.5 Å². The Morgan fingerprint density at radius 1 is 1.12 bits per heavy atom. The molecule has 86 valence electrons. The first kappa shape index (κ1) is 10.5. The van der Waals surface area contributed by atoms with Crippen LogP contribution in [0.15, 0.2) is 18.2 Å². The number of benzene rings is 1. The third-order valence-electron chi connectivity index (χ3n) is 4.15. The molecule has 0 spiro atoms. The van der Waals surface area contributed by atoms with Gasteiger partial charge < -0.3 is 5.32 Å². The second kappa shape index (κ2) is 4.29. The van der Waals surface area contributed by atoms with Crippen molar-refractivity contribution in [3.8, 4) is 0 Å². The molecule has 16 heavy (non-hydrogen) atoms. The molecule has 0 aromatic heterocycles. The van der Waals surface area contributed by atoms with Crippen LogP contribution in [0.4, 0.5) is 5.69 Å². The molecule has 1 nitrogen and oxygen atoms in total. The van der Waals surface area contributed by atoms with Gasteiger partial charge in [0.2, 0.25) is 0 Å². The standard InChI is InChI=1S/C14H18ClN/c15-11-6-7-12-13(9-16-14(12)8-11)10-4-2-1-3-5-10/h6-8,10,13,16H,1-5,9H2. The SMILES string of the molecule is Clc1ccc2c(c1)NCC2C1CCCCC1. The van der Waals surface area contributed by atoms with E-state index in [4.69, 9.17) is 11.6 Å². The number of hydrogen-bond donors (Lipinski definition) is 1. The molecule has 1 saturated carbocycles. The molecule has 1 heterocycles. The fourth-order valence-electron chi connectivity index (χ4n) is 3.29. The molecule has 0 radical (unpaired) electrons. The summed E-state index contributed by atoms with van der Waals surface area (Å²) in [7, 11) is 0. The highest BCUT2D eigenvalue weighted by atomic mass is 35.5. The Kier molecular flexibility index (Phi) is 2.81. The first-order valence-electron chi connectivity index (χ1n) is 6.38. The van der Waals surface area contributed by atoms with E-state index in [2.05, 4.69) is 17.4 Å². The van der Waals surface area contributed by atoms with Crippen molar-refractivity contribution in [2.75, 3.05) is 11.9 Å². The molecule has 0 bridgehead atoms. The number of hydrogen-bond acceptors (Lipinski definition) is 1. The summed E-state index contributed by atoms with van der Waals surface area (Å²) in [5.41, 5.74) is 2.76. The fourth-order valence-corrected chi connectivity index (χ4v) is 3.46. The number of halogens is 1. The van der Waals surface area contributed by atoms with Gasteiger partial charge >= 0.3 is 0 Å². The number of nitrogens with one attached hydrogen (secondary N) is 1. The highest BCUT2D eigenvalue weighted by Gasteiger charge is 2.30. The Labute approximate surface area is 102 Å². The molecule has 1 aliphatic heterocycles. The average molecular weight is 236 g/mol. The second-order valence-corrected chi connectivity index (χ2v) is 5.55. The normalized spacial score (nSPS) is 25.2. The van der Waals surface area contributed by atoms with Gasteiger partial charge in [0.1, 0.15) is 0 Å². The molecule has 1 aromatic carbocycles. The number of fused-ring (bicyclic) bond motifs is 1. The molecule has 1 unspecified atom stereocenters. The van der Waals surface area contributed by atoms with Gasteiger partial charge in [0.15, 0.2) is 0 Å². The van der Waals surface area contributed by atoms with Crippen LogP contribution in [-0.4, -0.2) is 6.54 Å². The predicted molar refractivity (Wildman–Crippen MR) is 69.3 cm³/mol. The van der Waals surface area contributed by atoms with Gasteiger partial charge in [-0.15, -0.1) is 0 Å². The molecule has 1 aromatic rings. The van der Waals surface area contributed by atoms with E-state index >= 15 is 0 Å². The van der Waals surface area contributed by atoms with Crippen LogP contribution in [0.5, 0.6) is 0 Å². The van der Waals surface area contributed by atoms with Crippen molar-refractivity contribution < 1.29 is 0 Å². The van der Waals surface area contributed by atoms with Crippen molar-refractivity contribution in [3.63, 3.8) is 0 Å². The van der Waals surface area contributed by atoms with Crippen molar-refractivity contribution in [3.05, 3.63) is 28.8 Å². The van der Waals surface area contributed by atoms with Gasteiger partial charge in [-0.25, -0.2) is 0 Å². The zero-order valence-electron chi connectivity index (χ0n) is 9.51. The number of rotatable bonds is 1. The Balaban J connectivity index is 1.84. The Morgan fingerprint density at radius 2 is 1.94 bits per heavy atom. The lowest BCUT2D eigenvalue weighted by Crippen LogP contribution is -2.17. The molecule has 1 aliphatic carbocycles. The van der Waals surface area contributed by atoms with Crippen LogP contribution >= 0.6 is 11.6 Å². The third kappa shape index (κ3) is 1.82. The van der Waals surface area contributed by atoms with Crippen LogP contribution in [-0.2, 0) is 0 Å². The van der Waals surface area contributed by atoms with Crippen molar-refractivity contribution in [1.29, 1.82) is 0 Å². The van der Waals surface area contributed by atoms with Crippen LogP contribution in [0.3, 0.4) is 0 Å². The maximum absolute atomic E-state index is 6.02. The molecule has 2 heteroatoms. The van der Waals surface area contributed by atoms with Crippen molar-refractivity contribution in [2.24, 2.45) is 5.92 Å². The van der Waals surface area contributed by atoms with E-state index in [-0.39, 0.29) is 0 Å². The summed E-state index contributed by atoms with van der Waals surface area (Å²) in [4.78, 5) is 0. The van der Waals surface area contributed by atoms with Crippen molar-refractivity contribution in [1.82, 2.24) is 0 Å². The summed E-state index contributed by atoms with van der Waals surface area (Å²) in [5.74, 6) is 1.62. The lowest BCUT2D eigenvalue weighted by atomic mass is 9.78. The molecule has 1 atom stereocenters. The van der Waals surface area contributed by atoms with E-state index in [1.165, 1.54) is 43.4 Å². The van der Waals surface area contributed by atoms with Crippen molar-refractivity contribution >= 4 is 17.3 Å². The van der Waals surface area contributed by atoms with Gasteiger partial charge in [-0.1, -0.05) is 36.9 Å². The minimum Gasteiger partial charge on any atom is -0.384 e. The van der Waals surface area contributed by atoms with Crippen LogP contribution in [0.2, 0.25) is 5.02 Å². The molecule has 0 amide bonds. The van der Waals surface area contributed by atoms with E-state index in [1.807, 2.05) is 6.07 Å². The molecule has 1 N–H and O–H groups in total. The molecule has 0 saturated heterocycles. The Bertz CT molecular complexity index is 382. The summed E-state index contributed by atoms with van der Waals surface area (Å²) < 4.78 is 0. The first-order chi connectivity index (χ1) is 7.84. The third-order valence-corrected chi connectivity index (χ3v) is 4.38. The summed E-state index contributed by atoms with van der Waals surface area (Å²) >= 11 is 6.02. The van der Waals surface area contributed by atoms with Gasteiger partial charge in [0.25, 0.3) is 0 Å². The van der Waals surface area contributed by atoms with Crippen LogP contribution < -0.4 is 5.32 Å². The minimum atomic E-state index is 0.729. The summed E-state index contributed by atoms with van der Waals surface area (Å²) in [6.45, 7) is 1.11. The topological polar surface area (TPSA) is 12.0 Å². The van der Waals surface area contributed by atoms with Crippen LogP contribution in [0.25, 0.3) is 0 Å². The minimum absolute atomic E-state index is 0.729. The second-order valence-electron chi connectivity index (χ2n) is 5.12. The first-order valence-corrected chi connectivity index (χ1v) is 6.76. The highest BCUT2D eigenvalue weighted by molar-refractivity contribution is 6.30. The molecule has 2 aliphatic rings. The lowest BCUT2D eigenvalue weighted by molar-refractivity contribution is 0.316. The zero-order chi connectivity index (χ0) is 11.0. The lowest BCUT2D eigenvalue weighted by Gasteiger charge is -2.27. The molecular formula is C14H18ClN. The summed E-state index contributed by atoms with van der Waals surface area (Å²) in [6, 6.07) is 6.32. The van der Waals surface area contributed by atoms with Crippen LogP contribution in [0.1, 0.15) is 43.6 Å². The quantitative estimate of drug-likeness (QED) is 0.760. The predicted octanol–water partition coefficient (Wildman–Crippen LogP) is 4.43.